The summed E-state index contributed by atoms with van der Waals surface area (Å²) >= 11 is 0. The molecular weight excluding hydrogens is 368 g/mol. The third-order valence-corrected chi connectivity index (χ3v) is 5.96. The number of aryl methyl sites for hydroxylation is 1. The number of hydrogen-bond acceptors (Lipinski definition) is 4. The molecule has 29 heavy (non-hydrogen) atoms. The number of amides is 3. The van der Waals surface area contributed by atoms with Crippen molar-refractivity contribution in [3.8, 4) is 0 Å². The molecule has 2 aliphatic rings. The van der Waals surface area contributed by atoms with Crippen LogP contribution in [-0.4, -0.2) is 73.3 Å². The second kappa shape index (κ2) is 9.39. The molecule has 0 aromatic heterocycles. The molecule has 3 amide bonds. The fourth-order valence-electron chi connectivity index (χ4n) is 4.04. The zero-order valence-corrected chi connectivity index (χ0v) is 17.7. The van der Waals surface area contributed by atoms with E-state index in [1.165, 1.54) is 0 Å². The highest BCUT2D eigenvalue weighted by molar-refractivity contribution is 6.01. The largest absolute Gasteiger partial charge is 0.355 e. The van der Waals surface area contributed by atoms with Crippen LogP contribution >= 0.6 is 0 Å². The van der Waals surface area contributed by atoms with E-state index in [9.17, 15) is 14.4 Å². The van der Waals surface area contributed by atoms with Gasteiger partial charge in [0, 0.05) is 51.4 Å². The van der Waals surface area contributed by atoms with Crippen LogP contribution in [0.2, 0.25) is 0 Å². The molecule has 0 radical (unpaired) electrons. The second-order valence-electron chi connectivity index (χ2n) is 8.08. The number of rotatable bonds is 6. The van der Waals surface area contributed by atoms with Crippen molar-refractivity contribution in [1.82, 2.24) is 15.1 Å². The van der Waals surface area contributed by atoms with Gasteiger partial charge in [0.15, 0.2) is 0 Å². The summed E-state index contributed by atoms with van der Waals surface area (Å²) in [5.41, 5.74) is 3.14. The van der Waals surface area contributed by atoms with Gasteiger partial charge in [0.2, 0.25) is 17.7 Å². The fraction of sp³-hybridized carbons (Fsp3) is 0.591. The van der Waals surface area contributed by atoms with Gasteiger partial charge in [0.05, 0.1) is 12.5 Å². The van der Waals surface area contributed by atoms with Crippen molar-refractivity contribution in [2.45, 2.75) is 33.6 Å². The Morgan fingerprint density at radius 1 is 1.14 bits per heavy atom. The second-order valence-corrected chi connectivity index (χ2v) is 8.08. The summed E-state index contributed by atoms with van der Waals surface area (Å²) in [4.78, 5) is 43.2. The van der Waals surface area contributed by atoms with Crippen molar-refractivity contribution in [1.29, 1.82) is 0 Å². The van der Waals surface area contributed by atoms with Gasteiger partial charge in [-0.1, -0.05) is 19.1 Å². The first kappa shape index (κ1) is 21.3. The molecule has 1 aromatic carbocycles. The van der Waals surface area contributed by atoms with Crippen LogP contribution in [0.4, 0.5) is 5.69 Å². The summed E-state index contributed by atoms with van der Waals surface area (Å²) in [6.07, 6.45) is 1.19. The third-order valence-electron chi connectivity index (χ3n) is 5.96. The van der Waals surface area contributed by atoms with E-state index in [2.05, 4.69) is 10.2 Å². The highest BCUT2D eigenvalue weighted by atomic mass is 16.2. The van der Waals surface area contributed by atoms with E-state index in [1.54, 1.807) is 4.90 Å². The van der Waals surface area contributed by atoms with E-state index >= 15 is 0 Å². The summed E-state index contributed by atoms with van der Waals surface area (Å²) in [5.74, 6) is -0.177. The van der Waals surface area contributed by atoms with E-state index < -0.39 is 0 Å². The predicted molar refractivity (Wildman–Crippen MR) is 113 cm³/mol. The van der Waals surface area contributed by atoms with E-state index in [0.717, 1.165) is 23.2 Å². The lowest BCUT2D eigenvalue weighted by Crippen LogP contribution is -2.52. The van der Waals surface area contributed by atoms with E-state index in [1.807, 2.05) is 43.9 Å². The van der Waals surface area contributed by atoms with E-state index in [0.29, 0.717) is 45.8 Å². The first-order valence-electron chi connectivity index (χ1n) is 10.5. The zero-order chi connectivity index (χ0) is 21.0. The molecule has 3 rings (SSSR count). The lowest BCUT2D eigenvalue weighted by molar-refractivity contribution is -0.137. The molecule has 2 fully saturated rings. The fourth-order valence-corrected chi connectivity index (χ4v) is 4.04. The average Bonchev–Trinajstić information content (AvgIpc) is 3.10. The quantitative estimate of drug-likeness (QED) is 0.782. The summed E-state index contributed by atoms with van der Waals surface area (Å²) in [6, 6.07) is 5.94. The normalized spacial score (nSPS) is 20.2. The number of carbonyl (C=O) groups is 3. The molecular formula is C22H32N4O3. The maximum absolute atomic E-state index is 13.0. The first-order chi connectivity index (χ1) is 13.9. The lowest BCUT2D eigenvalue weighted by atomic mass is 10.1. The van der Waals surface area contributed by atoms with Gasteiger partial charge in [-0.25, -0.2) is 0 Å². The van der Waals surface area contributed by atoms with Crippen LogP contribution in [0.3, 0.4) is 0 Å². The predicted octanol–water partition coefficient (Wildman–Crippen LogP) is 1.33. The molecule has 0 bridgehead atoms. The van der Waals surface area contributed by atoms with E-state index in [-0.39, 0.29) is 30.1 Å². The summed E-state index contributed by atoms with van der Waals surface area (Å²) in [7, 11) is 0. The summed E-state index contributed by atoms with van der Waals surface area (Å²) in [6.45, 7) is 10.2. The minimum atomic E-state index is -0.290. The molecule has 1 aromatic rings. The molecule has 0 spiro atoms. The molecule has 7 heteroatoms. The molecule has 1 unspecified atom stereocenters. The Kier molecular flexibility index (Phi) is 6.90. The van der Waals surface area contributed by atoms with Crippen LogP contribution in [0.1, 0.15) is 30.9 Å². The zero-order valence-electron chi connectivity index (χ0n) is 17.7. The molecule has 0 saturated carbocycles. The number of benzene rings is 1. The van der Waals surface area contributed by atoms with Gasteiger partial charge in [-0.3, -0.25) is 19.3 Å². The van der Waals surface area contributed by atoms with Crippen LogP contribution in [-0.2, 0) is 14.4 Å². The molecule has 1 N–H and O–H groups in total. The van der Waals surface area contributed by atoms with Crippen molar-refractivity contribution >= 4 is 23.4 Å². The number of hydrogen-bond donors (Lipinski definition) is 1. The molecule has 1 atom stereocenters. The SMILES string of the molecule is CCCNC(=O)CN1CCN(C(=O)C2CC(=O)N(c3cccc(C)c3C)C2)CC1. The number of nitrogens with one attached hydrogen (secondary N) is 1. The minimum Gasteiger partial charge on any atom is -0.355 e. The Labute approximate surface area is 173 Å². The number of carbonyl (C=O) groups excluding carboxylic acids is 3. The van der Waals surface area contributed by atoms with Crippen LogP contribution in [0.25, 0.3) is 0 Å². The van der Waals surface area contributed by atoms with Gasteiger partial charge in [-0.05, 0) is 37.5 Å². The molecule has 2 saturated heterocycles. The van der Waals surface area contributed by atoms with Gasteiger partial charge in [0.25, 0.3) is 0 Å². The third kappa shape index (κ3) is 4.96. The van der Waals surface area contributed by atoms with Crippen molar-refractivity contribution in [3.63, 3.8) is 0 Å². The monoisotopic (exact) mass is 400 g/mol. The highest BCUT2D eigenvalue weighted by Crippen LogP contribution is 2.30. The van der Waals surface area contributed by atoms with Crippen molar-refractivity contribution in [2.75, 3.05) is 50.7 Å². The minimum absolute atomic E-state index is 0.0169. The Balaban J connectivity index is 1.54. The van der Waals surface area contributed by atoms with Crippen molar-refractivity contribution < 1.29 is 14.4 Å². The smallest absolute Gasteiger partial charge is 0.234 e. The summed E-state index contributed by atoms with van der Waals surface area (Å²) < 4.78 is 0. The van der Waals surface area contributed by atoms with Crippen LogP contribution < -0.4 is 10.2 Å². The van der Waals surface area contributed by atoms with Crippen molar-refractivity contribution in [2.24, 2.45) is 5.92 Å². The van der Waals surface area contributed by atoms with E-state index in [4.69, 9.17) is 0 Å². The van der Waals surface area contributed by atoms with Crippen LogP contribution in [0.15, 0.2) is 18.2 Å². The number of nitrogens with zero attached hydrogens (tertiary/aromatic N) is 3. The lowest BCUT2D eigenvalue weighted by Gasteiger charge is -2.35. The Bertz CT molecular complexity index is 771. The Morgan fingerprint density at radius 3 is 2.55 bits per heavy atom. The molecule has 2 heterocycles. The molecule has 158 valence electrons. The molecule has 7 nitrogen and oxygen atoms in total. The topological polar surface area (TPSA) is 73.0 Å². The van der Waals surface area contributed by atoms with Crippen LogP contribution in [0, 0.1) is 19.8 Å². The van der Waals surface area contributed by atoms with Gasteiger partial charge in [0.1, 0.15) is 0 Å². The average molecular weight is 401 g/mol. The number of anilines is 1. The Morgan fingerprint density at radius 2 is 1.86 bits per heavy atom. The highest BCUT2D eigenvalue weighted by Gasteiger charge is 2.38. The number of piperazine rings is 1. The maximum Gasteiger partial charge on any atom is 0.234 e. The van der Waals surface area contributed by atoms with Gasteiger partial charge in [-0.2, -0.15) is 0 Å². The van der Waals surface area contributed by atoms with Crippen LogP contribution in [0.5, 0.6) is 0 Å². The van der Waals surface area contributed by atoms with Crippen molar-refractivity contribution in [3.05, 3.63) is 29.3 Å². The first-order valence-corrected chi connectivity index (χ1v) is 10.5. The standard InChI is InChI=1S/C22H32N4O3/c1-4-8-23-20(27)15-24-9-11-25(12-10-24)22(29)18-13-21(28)26(14-18)19-7-5-6-16(2)17(19)3/h5-7,18H,4,8-15H2,1-3H3,(H,23,27). The van der Waals surface area contributed by atoms with Gasteiger partial charge < -0.3 is 15.1 Å². The van der Waals surface area contributed by atoms with Gasteiger partial charge in [-0.15, -0.1) is 0 Å². The molecule has 2 aliphatic heterocycles. The van der Waals surface area contributed by atoms with Gasteiger partial charge >= 0.3 is 0 Å². The maximum atomic E-state index is 13.0. The molecule has 0 aliphatic carbocycles. The summed E-state index contributed by atoms with van der Waals surface area (Å²) in [5, 5.41) is 2.89. The Hall–Kier alpha value is -2.41.